The first kappa shape index (κ1) is 19.3. The van der Waals surface area contributed by atoms with Gasteiger partial charge in [0, 0.05) is 5.75 Å². The number of hydrogen-bond donors (Lipinski definition) is 8. The van der Waals surface area contributed by atoms with E-state index >= 15 is 0 Å². The summed E-state index contributed by atoms with van der Waals surface area (Å²) in [7, 11) is 0. The fourth-order valence-corrected chi connectivity index (χ4v) is 2.87. The molecule has 10 atom stereocenters. The minimum atomic E-state index is -1.71. The van der Waals surface area contributed by atoms with E-state index in [9.17, 15) is 35.7 Å². The average Bonchev–Trinajstić information content (AvgIpc) is 2.55. The van der Waals surface area contributed by atoms with Gasteiger partial charge < -0.3 is 50.0 Å². The van der Waals surface area contributed by atoms with Gasteiger partial charge in [0.25, 0.3) is 0 Å². The molecule has 5 unspecified atom stereocenters. The average molecular weight is 358 g/mol. The molecule has 0 saturated carbocycles. The largest absolute Gasteiger partial charge is 0.394 e. The Bertz CT molecular complexity index is 383. The lowest BCUT2D eigenvalue weighted by molar-refractivity contribution is -0.351. The van der Waals surface area contributed by atoms with Crippen LogP contribution in [-0.4, -0.2) is 110 Å². The van der Waals surface area contributed by atoms with Gasteiger partial charge in [0.1, 0.15) is 42.7 Å². The third-order valence-corrected chi connectivity index (χ3v) is 4.34. The molecule has 10 nitrogen and oxygen atoms in total. The number of rotatable bonds is 4. The molecule has 0 aromatic carbocycles. The minimum Gasteiger partial charge on any atom is -0.394 e. The van der Waals surface area contributed by atoms with Gasteiger partial charge in [-0.3, -0.25) is 0 Å². The Kier molecular flexibility index (Phi) is 6.61. The first-order chi connectivity index (χ1) is 10.8. The summed E-state index contributed by atoms with van der Waals surface area (Å²) in [4.78, 5) is 0. The van der Waals surface area contributed by atoms with Crippen molar-refractivity contribution in [1.82, 2.24) is 0 Å². The van der Waals surface area contributed by atoms with E-state index in [-0.39, 0.29) is 5.75 Å². The van der Waals surface area contributed by atoms with Gasteiger partial charge >= 0.3 is 0 Å². The topological polar surface area (TPSA) is 169 Å². The zero-order valence-electron chi connectivity index (χ0n) is 12.0. The fraction of sp³-hybridized carbons (Fsp3) is 1.00. The highest BCUT2D eigenvalue weighted by Gasteiger charge is 2.49. The zero-order valence-corrected chi connectivity index (χ0v) is 12.9. The molecular weight excluding hydrogens is 336 g/mol. The Hall–Kier alpha value is -0.0500. The van der Waals surface area contributed by atoms with E-state index in [0.717, 1.165) is 0 Å². The van der Waals surface area contributed by atoms with Crippen LogP contribution in [0.1, 0.15) is 0 Å². The van der Waals surface area contributed by atoms with Crippen LogP contribution in [0.15, 0.2) is 0 Å². The molecule has 2 fully saturated rings. The molecular formula is C12H22O10S. The van der Waals surface area contributed by atoms with Crippen molar-refractivity contribution >= 4 is 12.6 Å². The molecule has 2 heterocycles. The van der Waals surface area contributed by atoms with Crippen molar-refractivity contribution in [2.75, 3.05) is 12.4 Å². The Balaban J connectivity index is 2.11. The van der Waals surface area contributed by atoms with Gasteiger partial charge in [-0.25, -0.2) is 0 Å². The monoisotopic (exact) mass is 358 g/mol. The zero-order chi connectivity index (χ0) is 17.3. The first-order valence-corrected chi connectivity index (χ1v) is 7.71. The Morgan fingerprint density at radius 2 is 1.43 bits per heavy atom. The third kappa shape index (κ3) is 3.80. The third-order valence-electron chi connectivity index (χ3n) is 3.98. The van der Waals surface area contributed by atoms with E-state index in [1.165, 1.54) is 0 Å². The Morgan fingerprint density at radius 3 is 2.00 bits per heavy atom. The molecule has 0 spiro atoms. The molecule has 23 heavy (non-hydrogen) atoms. The van der Waals surface area contributed by atoms with E-state index in [0.29, 0.717) is 0 Å². The van der Waals surface area contributed by atoms with E-state index in [2.05, 4.69) is 12.6 Å². The molecule has 0 aliphatic carbocycles. The molecule has 0 amide bonds. The molecule has 0 bridgehead atoms. The summed E-state index contributed by atoms with van der Waals surface area (Å²) in [6.07, 6.45) is -14.6. The molecule has 0 aromatic rings. The number of aliphatic hydroxyl groups excluding tert-OH is 7. The molecule has 11 heteroatoms. The van der Waals surface area contributed by atoms with E-state index in [1.807, 2.05) is 0 Å². The summed E-state index contributed by atoms with van der Waals surface area (Å²) in [5, 5.41) is 67.7. The number of hydrogen-bond acceptors (Lipinski definition) is 11. The molecule has 2 aliphatic heterocycles. The highest BCUT2D eigenvalue weighted by atomic mass is 32.1. The smallest absolute Gasteiger partial charge is 0.187 e. The second-order valence-corrected chi connectivity index (χ2v) is 5.89. The van der Waals surface area contributed by atoms with Crippen LogP contribution in [0.4, 0.5) is 0 Å². The van der Waals surface area contributed by atoms with Crippen LogP contribution in [0, 0.1) is 0 Å². The fourth-order valence-electron chi connectivity index (χ4n) is 2.57. The first-order valence-electron chi connectivity index (χ1n) is 7.08. The van der Waals surface area contributed by atoms with Crippen molar-refractivity contribution in [1.29, 1.82) is 0 Å². The van der Waals surface area contributed by atoms with Crippen LogP contribution < -0.4 is 0 Å². The lowest BCUT2D eigenvalue weighted by Crippen LogP contribution is -2.64. The summed E-state index contributed by atoms with van der Waals surface area (Å²) in [5.74, 6) is 0.0271. The predicted octanol–water partition coefficient (Wildman–Crippen LogP) is -4.46. The van der Waals surface area contributed by atoms with Crippen LogP contribution in [0.5, 0.6) is 0 Å². The summed E-state index contributed by atoms with van der Waals surface area (Å²) < 4.78 is 15.5. The summed E-state index contributed by atoms with van der Waals surface area (Å²) >= 11 is 3.96. The van der Waals surface area contributed by atoms with Gasteiger partial charge in [0.2, 0.25) is 0 Å². The van der Waals surface area contributed by atoms with Gasteiger partial charge in [0.05, 0.1) is 12.7 Å². The molecule has 2 rings (SSSR count). The molecule has 0 aromatic heterocycles. The maximum absolute atomic E-state index is 9.98. The lowest BCUT2D eigenvalue weighted by Gasteiger charge is -2.45. The van der Waals surface area contributed by atoms with Crippen molar-refractivity contribution in [2.45, 2.75) is 61.4 Å². The van der Waals surface area contributed by atoms with Crippen LogP contribution in [0.2, 0.25) is 0 Å². The Morgan fingerprint density at radius 1 is 0.783 bits per heavy atom. The van der Waals surface area contributed by atoms with Gasteiger partial charge in [-0.15, -0.1) is 0 Å². The summed E-state index contributed by atoms with van der Waals surface area (Å²) in [5.41, 5.74) is 0. The standard InChI is InChI=1S/C12H22O10S/c13-1-3-10(7(16)8(17)11(19)20-3)22-12-9(18)6(15)5(14)4(2-23)21-12/h3-19,23H,1-2H2/t3?,4?,5-,6?,7-,8?,9?,10-,11-,12+/m1/s1. The molecule has 2 saturated heterocycles. The maximum atomic E-state index is 9.98. The van der Waals surface area contributed by atoms with Gasteiger partial charge in [-0.1, -0.05) is 0 Å². The van der Waals surface area contributed by atoms with E-state index in [4.69, 9.17) is 14.2 Å². The second-order valence-electron chi connectivity index (χ2n) is 5.53. The summed E-state index contributed by atoms with van der Waals surface area (Å²) in [6.45, 7) is -0.643. The maximum Gasteiger partial charge on any atom is 0.187 e. The second kappa shape index (κ2) is 7.89. The van der Waals surface area contributed by atoms with Crippen LogP contribution in [-0.2, 0) is 14.2 Å². The summed E-state index contributed by atoms with van der Waals surface area (Å²) in [6, 6.07) is 0. The van der Waals surface area contributed by atoms with Crippen LogP contribution in [0.25, 0.3) is 0 Å². The van der Waals surface area contributed by atoms with E-state index in [1.54, 1.807) is 0 Å². The highest BCUT2D eigenvalue weighted by molar-refractivity contribution is 7.80. The van der Waals surface area contributed by atoms with Crippen molar-refractivity contribution < 1.29 is 50.0 Å². The molecule has 2 aliphatic rings. The van der Waals surface area contributed by atoms with Gasteiger partial charge in [0.15, 0.2) is 12.6 Å². The van der Waals surface area contributed by atoms with Crippen molar-refractivity contribution in [3.05, 3.63) is 0 Å². The number of ether oxygens (including phenoxy) is 3. The van der Waals surface area contributed by atoms with Crippen LogP contribution >= 0.6 is 12.6 Å². The predicted molar refractivity (Wildman–Crippen MR) is 75.4 cm³/mol. The quantitative estimate of drug-likeness (QED) is 0.229. The van der Waals surface area contributed by atoms with E-state index < -0.39 is 68.0 Å². The van der Waals surface area contributed by atoms with Crippen molar-refractivity contribution in [2.24, 2.45) is 0 Å². The minimum absolute atomic E-state index is 0.0271. The Labute approximate surface area is 137 Å². The number of aliphatic hydroxyl groups is 7. The molecule has 7 N–H and O–H groups in total. The van der Waals surface area contributed by atoms with Gasteiger partial charge in [-0.2, -0.15) is 12.6 Å². The SMILES string of the molecule is OCC1O[C@@H](O)C(O)[C@@H](O)[C@@H]1O[C@@H]1OC(CS)[C@@H](O)C(O)C1O. The molecule has 136 valence electrons. The van der Waals surface area contributed by atoms with Crippen molar-refractivity contribution in [3.63, 3.8) is 0 Å². The van der Waals surface area contributed by atoms with Crippen molar-refractivity contribution in [3.8, 4) is 0 Å². The number of thiol groups is 1. The highest BCUT2D eigenvalue weighted by Crippen LogP contribution is 2.28. The normalized spacial score (nSPS) is 51.7. The molecule has 0 radical (unpaired) electrons. The van der Waals surface area contributed by atoms with Gasteiger partial charge in [-0.05, 0) is 0 Å². The van der Waals surface area contributed by atoms with Crippen LogP contribution in [0.3, 0.4) is 0 Å². The lowest BCUT2D eigenvalue weighted by atomic mass is 9.97.